The summed E-state index contributed by atoms with van der Waals surface area (Å²) in [5.41, 5.74) is 1.99. The van der Waals surface area contributed by atoms with Crippen LogP contribution in [0.5, 0.6) is 0 Å². The third-order valence-electron chi connectivity index (χ3n) is 6.26. The molecule has 2 aliphatic carbocycles. The first kappa shape index (κ1) is 19.4. The van der Waals surface area contributed by atoms with Crippen molar-refractivity contribution in [1.29, 1.82) is 0 Å². The molecule has 0 heterocycles. The Hall–Kier alpha value is -1.40. The first-order chi connectivity index (χ1) is 12.3. The van der Waals surface area contributed by atoms with E-state index in [2.05, 4.69) is 17.0 Å². The molecule has 1 amide bonds. The molecule has 0 saturated heterocycles. The van der Waals surface area contributed by atoms with Gasteiger partial charge in [-0.1, -0.05) is 12.5 Å². The van der Waals surface area contributed by atoms with Gasteiger partial charge in [0.15, 0.2) is 0 Å². The average Bonchev–Trinajstić information content (AvgIpc) is 3.20. The fourth-order valence-corrected chi connectivity index (χ4v) is 5.72. The molecule has 2 aliphatic rings. The summed E-state index contributed by atoms with van der Waals surface area (Å²) in [5, 5.41) is 3.08. The van der Waals surface area contributed by atoms with Gasteiger partial charge in [-0.15, -0.1) is 0 Å². The van der Waals surface area contributed by atoms with E-state index in [1.807, 2.05) is 13.8 Å². The Morgan fingerprint density at radius 2 is 1.96 bits per heavy atom. The normalized spacial score (nSPS) is 26.0. The number of rotatable bonds is 7. The van der Waals surface area contributed by atoms with Crippen LogP contribution in [0.4, 0.5) is 0 Å². The molecule has 4 unspecified atom stereocenters. The van der Waals surface area contributed by atoms with E-state index in [0.717, 1.165) is 23.0 Å². The Balaban J connectivity index is 1.46. The summed E-state index contributed by atoms with van der Waals surface area (Å²) in [5.74, 6) is 2.13. The van der Waals surface area contributed by atoms with Crippen LogP contribution in [0.2, 0.25) is 0 Å². The zero-order valence-corrected chi connectivity index (χ0v) is 16.7. The molecule has 0 radical (unpaired) electrons. The first-order valence-electron chi connectivity index (χ1n) is 9.62. The largest absolute Gasteiger partial charge is 0.353 e. The van der Waals surface area contributed by atoms with Crippen molar-refractivity contribution in [3.05, 3.63) is 29.3 Å². The second kappa shape index (κ2) is 7.69. The van der Waals surface area contributed by atoms with Gasteiger partial charge >= 0.3 is 0 Å². The van der Waals surface area contributed by atoms with Gasteiger partial charge in [0.25, 0.3) is 0 Å². The molecule has 2 bridgehead atoms. The van der Waals surface area contributed by atoms with Crippen molar-refractivity contribution in [2.24, 2.45) is 17.8 Å². The van der Waals surface area contributed by atoms with Crippen LogP contribution in [-0.2, 0) is 14.8 Å². The quantitative estimate of drug-likeness (QED) is 0.766. The van der Waals surface area contributed by atoms with Gasteiger partial charge in [-0.25, -0.2) is 13.1 Å². The van der Waals surface area contributed by atoms with E-state index in [4.69, 9.17) is 0 Å². The summed E-state index contributed by atoms with van der Waals surface area (Å²) >= 11 is 0. The lowest BCUT2D eigenvalue weighted by atomic mass is 9.84. The Labute approximate surface area is 157 Å². The zero-order valence-electron chi connectivity index (χ0n) is 15.9. The fraction of sp³-hybridized carbons (Fsp3) is 0.650. The van der Waals surface area contributed by atoms with Crippen LogP contribution in [0.25, 0.3) is 0 Å². The summed E-state index contributed by atoms with van der Waals surface area (Å²) < 4.78 is 27.2. The highest BCUT2D eigenvalue weighted by Gasteiger charge is 2.42. The van der Waals surface area contributed by atoms with Gasteiger partial charge < -0.3 is 5.32 Å². The van der Waals surface area contributed by atoms with Crippen molar-refractivity contribution >= 4 is 15.9 Å². The lowest BCUT2D eigenvalue weighted by Gasteiger charge is -2.28. The molecule has 1 aromatic rings. The van der Waals surface area contributed by atoms with E-state index in [1.54, 1.807) is 18.2 Å². The number of carbonyl (C=O) groups excluding carboxylic acids is 1. The van der Waals surface area contributed by atoms with E-state index in [0.29, 0.717) is 5.92 Å². The van der Waals surface area contributed by atoms with Crippen molar-refractivity contribution in [3.8, 4) is 0 Å². The lowest BCUT2D eigenvalue weighted by Crippen LogP contribution is -2.41. The topological polar surface area (TPSA) is 75.3 Å². The standard InChI is InChI=1S/C20H30N2O3S/c1-13-4-7-18(10-14(13)2)26(24,25)21-9-8-20(23)22-15(3)19-12-16-5-6-17(19)11-16/h4,7,10,15-17,19,21H,5-6,8-9,11-12H2,1-3H3,(H,22,23). The maximum atomic E-state index is 12.4. The van der Waals surface area contributed by atoms with E-state index in [-0.39, 0.29) is 29.8 Å². The highest BCUT2D eigenvalue weighted by Crippen LogP contribution is 2.49. The van der Waals surface area contributed by atoms with Crippen molar-refractivity contribution in [2.45, 2.75) is 63.8 Å². The molecular weight excluding hydrogens is 348 g/mol. The zero-order chi connectivity index (χ0) is 18.9. The maximum absolute atomic E-state index is 12.4. The van der Waals surface area contributed by atoms with Crippen LogP contribution < -0.4 is 10.0 Å². The second-order valence-electron chi connectivity index (χ2n) is 8.09. The maximum Gasteiger partial charge on any atom is 0.240 e. The molecule has 26 heavy (non-hydrogen) atoms. The van der Waals surface area contributed by atoms with E-state index < -0.39 is 10.0 Å². The van der Waals surface area contributed by atoms with Gasteiger partial charge in [-0.2, -0.15) is 0 Å². The SMILES string of the molecule is Cc1ccc(S(=O)(=O)NCCC(=O)NC(C)C2CC3CCC2C3)cc1C. The molecule has 1 aromatic carbocycles. The van der Waals surface area contributed by atoms with Crippen LogP contribution in [0.3, 0.4) is 0 Å². The molecule has 144 valence electrons. The summed E-state index contributed by atoms with van der Waals surface area (Å²) in [6, 6.07) is 5.24. The van der Waals surface area contributed by atoms with Gasteiger partial charge in [-0.3, -0.25) is 4.79 Å². The highest BCUT2D eigenvalue weighted by molar-refractivity contribution is 7.89. The summed E-state index contributed by atoms with van der Waals surface area (Å²) in [7, 11) is -3.58. The van der Waals surface area contributed by atoms with Crippen molar-refractivity contribution in [3.63, 3.8) is 0 Å². The van der Waals surface area contributed by atoms with Crippen LogP contribution in [0, 0.1) is 31.6 Å². The number of amides is 1. The summed E-state index contributed by atoms with van der Waals surface area (Å²) in [6.45, 7) is 6.03. The summed E-state index contributed by atoms with van der Waals surface area (Å²) in [4.78, 5) is 12.4. The molecule has 3 rings (SSSR count). The lowest BCUT2D eigenvalue weighted by molar-refractivity contribution is -0.122. The van der Waals surface area contributed by atoms with Crippen LogP contribution in [0.15, 0.2) is 23.1 Å². The number of aryl methyl sites for hydroxylation is 2. The molecule has 4 atom stereocenters. The molecule has 2 N–H and O–H groups in total. The van der Waals surface area contributed by atoms with Crippen LogP contribution >= 0.6 is 0 Å². The number of hydrogen-bond donors (Lipinski definition) is 2. The minimum atomic E-state index is -3.58. The van der Waals surface area contributed by atoms with Crippen LogP contribution in [0.1, 0.15) is 50.2 Å². The Kier molecular flexibility index (Phi) is 5.72. The van der Waals surface area contributed by atoms with Crippen molar-refractivity contribution in [2.75, 3.05) is 6.54 Å². The minimum Gasteiger partial charge on any atom is -0.353 e. The highest BCUT2D eigenvalue weighted by atomic mass is 32.2. The number of benzene rings is 1. The Morgan fingerprint density at radius 3 is 2.58 bits per heavy atom. The van der Waals surface area contributed by atoms with Gasteiger partial charge in [-0.05, 0) is 81.0 Å². The van der Waals surface area contributed by atoms with Crippen LogP contribution in [-0.4, -0.2) is 26.9 Å². The first-order valence-corrected chi connectivity index (χ1v) is 11.1. The smallest absolute Gasteiger partial charge is 0.240 e. The number of hydrogen-bond acceptors (Lipinski definition) is 3. The molecule has 0 aliphatic heterocycles. The van der Waals surface area contributed by atoms with E-state index in [9.17, 15) is 13.2 Å². The van der Waals surface area contributed by atoms with Gasteiger partial charge in [0, 0.05) is 19.0 Å². The number of sulfonamides is 1. The Bertz CT molecular complexity index is 775. The predicted octanol–water partition coefficient (Wildman–Crippen LogP) is 2.91. The van der Waals surface area contributed by atoms with E-state index >= 15 is 0 Å². The average molecular weight is 379 g/mol. The third-order valence-corrected chi connectivity index (χ3v) is 7.72. The van der Waals surface area contributed by atoms with Gasteiger partial charge in [0.1, 0.15) is 0 Å². The fourth-order valence-electron chi connectivity index (χ4n) is 4.60. The van der Waals surface area contributed by atoms with Gasteiger partial charge in [0.2, 0.25) is 15.9 Å². The predicted molar refractivity (Wildman–Crippen MR) is 102 cm³/mol. The molecule has 2 saturated carbocycles. The van der Waals surface area contributed by atoms with Crippen molar-refractivity contribution < 1.29 is 13.2 Å². The second-order valence-corrected chi connectivity index (χ2v) is 9.86. The summed E-state index contributed by atoms with van der Waals surface area (Å²) in [6.07, 6.45) is 5.36. The molecule has 5 nitrogen and oxygen atoms in total. The molecule has 0 aromatic heterocycles. The third kappa shape index (κ3) is 4.29. The van der Waals surface area contributed by atoms with Crippen molar-refractivity contribution in [1.82, 2.24) is 10.0 Å². The minimum absolute atomic E-state index is 0.0805. The number of fused-ring (bicyclic) bond motifs is 2. The number of carbonyl (C=O) groups is 1. The Morgan fingerprint density at radius 1 is 1.19 bits per heavy atom. The van der Waals surface area contributed by atoms with Gasteiger partial charge in [0.05, 0.1) is 4.90 Å². The molecule has 6 heteroatoms. The number of nitrogens with one attached hydrogen (secondary N) is 2. The molecule has 2 fully saturated rings. The molecular formula is C20H30N2O3S. The monoisotopic (exact) mass is 378 g/mol. The molecule has 0 spiro atoms. The van der Waals surface area contributed by atoms with E-state index in [1.165, 1.54) is 25.7 Å².